The Morgan fingerprint density at radius 1 is 1.12 bits per heavy atom. The highest BCUT2D eigenvalue weighted by Crippen LogP contribution is 2.10. The third-order valence-corrected chi connectivity index (χ3v) is 2.79. The largest absolute Gasteiger partial charge is 0.330 e. The molecular formula is C14H21NO. The van der Waals surface area contributed by atoms with Crippen LogP contribution >= 0.6 is 0 Å². The van der Waals surface area contributed by atoms with E-state index in [4.69, 9.17) is 5.73 Å². The highest BCUT2D eigenvalue weighted by atomic mass is 16.1. The number of hydrogen-bond donors (Lipinski definition) is 1. The van der Waals surface area contributed by atoms with Crippen molar-refractivity contribution in [3.63, 3.8) is 0 Å². The molecule has 0 heterocycles. The highest BCUT2D eigenvalue weighted by Gasteiger charge is 2.04. The topological polar surface area (TPSA) is 43.1 Å². The maximum Gasteiger partial charge on any atom is 0.162 e. The average molecular weight is 219 g/mol. The zero-order chi connectivity index (χ0) is 11.8. The molecule has 2 N–H and O–H groups in total. The third kappa shape index (κ3) is 4.15. The van der Waals surface area contributed by atoms with Gasteiger partial charge in [-0.2, -0.15) is 0 Å². The molecule has 1 aromatic rings. The number of unbranched alkanes of at least 4 members (excludes halogenated alkanes) is 2. The Kier molecular flexibility index (Phi) is 5.79. The zero-order valence-corrected chi connectivity index (χ0v) is 10.0. The Bertz CT molecular complexity index is 316. The van der Waals surface area contributed by atoms with Crippen molar-refractivity contribution in [2.75, 3.05) is 6.54 Å². The molecule has 0 amide bonds. The van der Waals surface area contributed by atoms with E-state index in [0.717, 1.165) is 37.8 Å². The lowest BCUT2D eigenvalue weighted by atomic mass is 10.0. The van der Waals surface area contributed by atoms with E-state index in [9.17, 15) is 4.79 Å². The molecule has 1 aromatic carbocycles. The molecule has 0 aliphatic rings. The first-order valence-electron chi connectivity index (χ1n) is 6.10. The number of Topliss-reactive ketones (excluding diaryl/α,β-unsaturated/α-hetero) is 1. The smallest absolute Gasteiger partial charge is 0.162 e. The zero-order valence-electron chi connectivity index (χ0n) is 10.0. The van der Waals surface area contributed by atoms with Gasteiger partial charge in [0.2, 0.25) is 0 Å². The van der Waals surface area contributed by atoms with Gasteiger partial charge < -0.3 is 5.73 Å². The average Bonchev–Trinajstić information content (AvgIpc) is 2.34. The SMILES string of the molecule is CCc1ccc(C(=O)CCCCCN)cc1. The summed E-state index contributed by atoms with van der Waals surface area (Å²) in [4.78, 5) is 11.8. The molecule has 1 rings (SSSR count). The first-order valence-corrected chi connectivity index (χ1v) is 6.10. The number of benzene rings is 1. The third-order valence-electron chi connectivity index (χ3n) is 2.79. The van der Waals surface area contributed by atoms with E-state index in [0.29, 0.717) is 6.42 Å². The first kappa shape index (κ1) is 12.9. The van der Waals surface area contributed by atoms with Crippen LogP contribution in [0.3, 0.4) is 0 Å². The van der Waals surface area contributed by atoms with Crippen molar-refractivity contribution in [3.8, 4) is 0 Å². The van der Waals surface area contributed by atoms with Gasteiger partial charge in [0.05, 0.1) is 0 Å². The van der Waals surface area contributed by atoms with Gasteiger partial charge in [-0.3, -0.25) is 4.79 Å². The fourth-order valence-corrected chi connectivity index (χ4v) is 1.68. The molecule has 0 unspecified atom stereocenters. The summed E-state index contributed by atoms with van der Waals surface area (Å²) in [6.45, 7) is 2.84. The molecule has 16 heavy (non-hydrogen) atoms. The summed E-state index contributed by atoms with van der Waals surface area (Å²) < 4.78 is 0. The monoisotopic (exact) mass is 219 g/mol. The summed E-state index contributed by atoms with van der Waals surface area (Å²) in [6, 6.07) is 7.94. The predicted molar refractivity (Wildman–Crippen MR) is 67.7 cm³/mol. The van der Waals surface area contributed by atoms with E-state index in [1.54, 1.807) is 0 Å². The Morgan fingerprint density at radius 3 is 2.38 bits per heavy atom. The summed E-state index contributed by atoms with van der Waals surface area (Å²) in [7, 11) is 0. The Labute approximate surface area is 97.9 Å². The fourth-order valence-electron chi connectivity index (χ4n) is 1.68. The summed E-state index contributed by atoms with van der Waals surface area (Å²) in [5.74, 6) is 0.250. The number of aryl methyl sites for hydroxylation is 1. The van der Waals surface area contributed by atoms with Crippen LogP contribution in [0, 0.1) is 0 Å². The van der Waals surface area contributed by atoms with E-state index in [1.807, 2.05) is 24.3 Å². The van der Waals surface area contributed by atoms with Crippen LogP contribution in [0.2, 0.25) is 0 Å². The molecule has 2 heteroatoms. The second-order valence-corrected chi connectivity index (χ2v) is 4.07. The Balaban J connectivity index is 2.40. The molecule has 0 fully saturated rings. The quantitative estimate of drug-likeness (QED) is 0.566. The Morgan fingerprint density at radius 2 is 1.81 bits per heavy atom. The Hall–Kier alpha value is -1.15. The molecule has 0 radical (unpaired) electrons. The van der Waals surface area contributed by atoms with E-state index in [1.165, 1.54) is 5.56 Å². The fraction of sp³-hybridized carbons (Fsp3) is 0.500. The van der Waals surface area contributed by atoms with E-state index < -0.39 is 0 Å². The maximum atomic E-state index is 11.8. The molecule has 0 aliphatic heterocycles. The molecule has 88 valence electrons. The normalized spacial score (nSPS) is 10.4. The molecule has 2 nitrogen and oxygen atoms in total. The maximum absolute atomic E-state index is 11.8. The van der Waals surface area contributed by atoms with Gasteiger partial charge in [-0.1, -0.05) is 37.6 Å². The molecule has 0 atom stereocenters. The molecule has 0 aromatic heterocycles. The van der Waals surface area contributed by atoms with Crippen LogP contribution < -0.4 is 5.73 Å². The number of hydrogen-bond acceptors (Lipinski definition) is 2. The van der Waals surface area contributed by atoms with Crippen molar-refractivity contribution in [1.82, 2.24) is 0 Å². The van der Waals surface area contributed by atoms with Gasteiger partial charge in [0.25, 0.3) is 0 Å². The van der Waals surface area contributed by atoms with Crippen LogP contribution in [-0.2, 0) is 6.42 Å². The van der Waals surface area contributed by atoms with Crippen molar-refractivity contribution < 1.29 is 4.79 Å². The molecular weight excluding hydrogens is 198 g/mol. The molecule has 0 spiro atoms. The number of nitrogens with two attached hydrogens (primary N) is 1. The highest BCUT2D eigenvalue weighted by molar-refractivity contribution is 5.96. The van der Waals surface area contributed by atoms with Crippen LogP contribution in [-0.4, -0.2) is 12.3 Å². The molecule has 0 saturated heterocycles. The number of rotatable bonds is 7. The van der Waals surface area contributed by atoms with Gasteiger partial charge in [0.1, 0.15) is 0 Å². The van der Waals surface area contributed by atoms with Crippen molar-refractivity contribution in [2.24, 2.45) is 5.73 Å². The number of carbonyl (C=O) groups is 1. The van der Waals surface area contributed by atoms with Gasteiger partial charge in [-0.15, -0.1) is 0 Å². The van der Waals surface area contributed by atoms with E-state index in [-0.39, 0.29) is 5.78 Å². The van der Waals surface area contributed by atoms with Crippen molar-refractivity contribution in [3.05, 3.63) is 35.4 Å². The minimum atomic E-state index is 0.250. The van der Waals surface area contributed by atoms with Gasteiger partial charge >= 0.3 is 0 Å². The lowest BCUT2D eigenvalue weighted by Gasteiger charge is -2.02. The molecule has 0 aliphatic carbocycles. The number of carbonyl (C=O) groups excluding carboxylic acids is 1. The molecule has 0 saturated carbocycles. The van der Waals surface area contributed by atoms with Crippen LogP contribution in [0.15, 0.2) is 24.3 Å². The van der Waals surface area contributed by atoms with Crippen LogP contribution in [0.1, 0.15) is 48.5 Å². The van der Waals surface area contributed by atoms with Gasteiger partial charge in [-0.05, 0) is 31.4 Å². The van der Waals surface area contributed by atoms with Crippen LogP contribution in [0.4, 0.5) is 0 Å². The lowest BCUT2D eigenvalue weighted by molar-refractivity contribution is 0.0979. The summed E-state index contributed by atoms with van der Waals surface area (Å²) in [5.41, 5.74) is 7.52. The molecule has 0 bridgehead atoms. The lowest BCUT2D eigenvalue weighted by Crippen LogP contribution is -2.01. The van der Waals surface area contributed by atoms with Gasteiger partial charge in [0, 0.05) is 12.0 Å². The standard InChI is InChI=1S/C14H21NO/c1-2-12-7-9-13(10-8-12)14(16)6-4-3-5-11-15/h7-10H,2-6,11,15H2,1H3. The van der Waals surface area contributed by atoms with Gasteiger partial charge in [0.15, 0.2) is 5.78 Å². The van der Waals surface area contributed by atoms with E-state index >= 15 is 0 Å². The van der Waals surface area contributed by atoms with Gasteiger partial charge in [-0.25, -0.2) is 0 Å². The minimum absolute atomic E-state index is 0.250. The van der Waals surface area contributed by atoms with E-state index in [2.05, 4.69) is 6.92 Å². The minimum Gasteiger partial charge on any atom is -0.330 e. The summed E-state index contributed by atoms with van der Waals surface area (Å²) >= 11 is 0. The van der Waals surface area contributed by atoms with Crippen molar-refractivity contribution >= 4 is 5.78 Å². The first-order chi connectivity index (χ1) is 7.77. The summed E-state index contributed by atoms with van der Waals surface area (Å²) in [6.07, 6.45) is 4.68. The van der Waals surface area contributed by atoms with Crippen LogP contribution in [0.25, 0.3) is 0 Å². The number of ketones is 1. The second kappa shape index (κ2) is 7.18. The van der Waals surface area contributed by atoms with Crippen LogP contribution in [0.5, 0.6) is 0 Å². The van der Waals surface area contributed by atoms with Crippen molar-refractivity contribution in [1.29, 1.82) is 0 Å². The second-order valence-electron chi connectivity index (χ2n) is 4.07. The van der Waals surface area contributed by atoms with Crippen molar-refractivity contribution in [2.45, 2.75) is 39.0 Å². The summed E-state index contributed by atoms with van der Waals surface area (Å²) in [5, 5.41) is 0. The predicted octanol–water partition coefficient (Wildman–Crippen LogP) is 2.95.